The highest BCUT2D eigenvalue weighted by molar-refractivity contribution is 7.80. The van der Waals surface area contributed by atoms with E-state index in [2.05, 4.69) is 28.6 Å². The summed E-state index contributed by atoms with van der Waals surface area (Å²) in [5.74, 6) is -4.54. The van der Waals surface area contributed by atoms with E-state index in [-0.39, 0.29) is 24.3 Å². The van der Waals surface area contributed by atoms with Crippen molar-refractivity contribution in [2.75, 3.05) is 12.3 Å². The second kappa shape index (κ2) is 15.6. The number of nitrogens with one attached hydrogen (secondary N) is 3. The molecule has 36 heavy (non-hydrogen) atoms. The summed E-state index contributed by atoms with van der Waals surface area (Å²) in [6, 6.07) is 0.962. The van der Waals surface area contributed by atoms with Crippen LogP contribution in [-0.4, -0.2) is 76.3 Å². The molecule has 200 valence electrons. The number of carbonyl (C=O) groups excluding carboxylic acids is 4. The van der Waals surface area contributed by atoms with Crippen molar-refractivity contribution >= 4 is 42.2 Å². The molecule has 0 aliphatic heterocycles. The maximum Gasteiger partial charge on any atom is 0.326 e. The highest BCUT2D eigenvalue weighted by Gasteiger charge is 2.30. The van der Waals surface area contributed by atoms with Gasteiger partial charge in [0.2, 0.25) is 23.6 Å². The van der Waals surface area contributed by atoms with Gasteiger partial charge in [-0.3, -0.25) is 19.2 Å². The molecule has 1 rings (SSSR count). The van der Waals surface area contributed by atoms with E-state index in [1.165, 1.54) is 12.1 Å². The smallest absolute Gasteiger partial charge is 0.326 e. The van der Waals surface area contributed by atoms with Crippen molar-refractivity contribution in [1.82, 2.24) is 16.0 Å². The second-order valence-corrected chi connectivity index (χ2v) is 8.50. The lowest BCUT2D eigenvalue weighted by Gasteiger charge is -2.24. The number of carbonyl (C=O) groups is 5. The highest BCUT2D eigenvalue weighted by atomic mass is 32.1. The fourth-order valence-corrected chi connectivity index (χ4v) is 3.41. The van der Waals surface area contributed by atoms with Crippen molar-refractivity contribution in [2.45, 2.75) is 56.3 Å². The Labute approximate surface area is 213 Å². The molecule has 13 nitrogen and oxygen atoms in total. The Morgan fingerprint density at radius 1 is 0.889 bits per heavy atom. The lowest BCUT2D eigenvalue weighted by atomic mass is 10.0. The van der Waals surface area contributed by atoms with Gasteiger partial charge in [0.25, 0.3) is 0 Å². The average molecular weight is 527 g/mol. The zero-order valence-corrected chi connectivity index (χ0v) is 20.6. The largest absolute Gasteiger partial charge is 0.508 e. The van der Waals surface area contributed by atoms with Crippen LogP contribution in [0.1, 0.15) is 31.2 Å². The van der Waals surface area contributed by atoms with Crippen molar-refractivity contribution in [3.8, 4) is 5.75 Å². The number of phenolic OH excluding ortho intramolecular Hbond substituents is 1. The molecular formula is C22H34N6O7S. The predicted molar refractivity (Wildman–Crippen MR) is 134 cm³/mol. The van der Waals surface area contributed by atoms with E-state index in [0.29, 0.717) is 24.9 Å². The number of carboxylic acid groups (broad SMARTS) is 1. The van der Waals surface area contributed by atoms with E-state index in [0.717, 1.165) is 0 Å². The lowest BCUT2D eigenvalue weighted by Crippen LogP contribution is -2.58. The van der Waals surface area contributed by atoms with Gasteiger partial charge in [0.15, 0.2) is 0 Å². The first-order chi connectivity index (χ1) is 17.0. The van der Waals surface area contributed by atoms with Gasteiger partial charge in [0.05, 0.1) is 12.5 Å². The molecule has 4 amide bonds. The number of hydrogen-bond acceptors (Lipinski definition) is 9. The number of unbranched alkanes of at least 4 members (excludes halogenated alkanes) is 1. The fraction of sp³-hybridized carbons (Fsp3) is 0.500. The van der Waals surface area contributed by atoms with Gasteiger partial charge >= 0.3 is 5.97 Å². The Hall–Kier alpha value is -3.36. The Bertz CT molecular complexity index is 915. The number of aliphatic carboxylic acids is 1. The summed E-state index contributed by atoms with van der Waals surface area (Å²) in [6.45, 7) is 0.375. The first-order valence-corrected chi connectivity index (χ1v) is 11.9. The van der Waals surface area contributed by atoms with Crippen molar-refractivity contribution in [2.24, 2.45) is 17.2 Å². The molecule has 0 heterocycles. The van der Waals surface area contributed by atoms with Crippen molar-refractivity contribution in [1.29, 1.82) is 0 Å². The first-order valence-electron chi connectivity index (χ1n) is 11.2. The molecule has 0 bridgehead atoms. The number of aromatic hydroxyl groups is 1. The maximum atomic E-state index is 13.0. The van der Waals surface area contributed by atoms with Gasteiger partial charge < -0.3 is 43.4 Å². The summed E-state index contributed by atoms with van der Waals surface area (Å²) in [5, 5.41) is 26.3. The van der Waals surface area contributed by atoms with Crippen LogP contribution in [0.25, 0.3) is 0 Å². The van der Waals surface area contributed by atoms with Gasteiger partial charge in [-0.1, -0.05) is 12.1 Å². The van der Waals surface area contributed by atoms with Crippen LogP contribution in [0.4, 0.5) is 0 Å². The zero-order chi connectivity index (χ0) is 27.3. The van der Waals surface area contributed by atoms with E-state index < -0.39 is 60.2 Å². The molecule has 1 aromatic carbocycles. The molecule has 0 spiro atoms. The topological polar surface area (TPSA) is 240 Å². The average Bonchev–Trinajstić information content (AvgIpc) is 2.81. The molecule has 0 aromatic heterocycles. The minimum atomic E-state index is -1.28. The zero-order valence-electron chi connectivity index (χ0n) is 19.7. The number of benzene rings is 1. The summed E-state index contributed by atoms with van der Waals surface area (Å²) in [6.07, 6.45) is 0.725. The summed E-state index contributed by atoms with van der Waals surface area (Å²) >= 11 is 4.06. The van der Waals surface area contributed by atoms with Crippen molar-refractivity contribution in [3.63, 3.8) is 0 Å². The third-order valence-corrected chi connectivity index (χ3v) is 5.51. The molecule has 4 atom stereocenters. The monoisotopic (exact) mass is 526 g/mol. The van der Waals surface area contributed by atoms with E-state index in [4.69, 9.17) is 17.2 Å². The van der Waals surface area contributed by atoms with Gasteiger partial charge in [-0.05, 0) is 43.5 Å². The first kappa shape index (κ1) is 30.7. The Morgan fingerprint density at radius 2 is 1.44 bits per heavy atom. The molecule has 0 aliphatic carbocycles. The number of phenols is 1. The summed E-state index contributed by atoms with van der Waals surface area (Å²) in [5.41, 5.74) is 16.6. The van der Waals surface area contributed by atoms with Crippen LogP contribution in [0, 0.1) is 0 Å². The number of carboxylic acids is 1. The van der Waals surface area contributed by atoms with Crippen LogP contribution in [0.5, 0.6) is 5.75 Å². The van der Waals surface area contributed by atoms with Crippen LogP contribution in [0.3, 0.4) is 0 Å². The van der Waals surface area contributed by atoms with Gasteiger partial charge in [-0.2, -0.15) is 12.6 Å². The maximum absolute atomic E-state index is 13.0. The summed E-state index contributed by atoms with van der Waals surface area (Å²) in [7, 11) is 0. The van der Waals surface area contributed by atoms with E-state index in [1.807, 2.05) is 0 Å². The molecular weight excluding hydrogens is 492 g/mol. The van der Waals surface area contributed by atoms with Crippen LogP contribution < -0.4 is 33.2 Å². The van der Waals surface area contributed by atoms with Crippen LogP contribution in [0.15, 0.2) is 24.3 Å². The number of nitrogens with two attached hydrogens (primary N) is 3. The van der Waals surface area contributed by atoms with Crippen LogP contribution in [-0.2, 0) is 30.4 Å². The standard InChI is InChI=1S/C22H34N6O7S/c23-8-2-1-3-15(22(34)35)26-20(32)16(9-12-4-6-13(29)7-5-12)27-21(33)17(11-36)28-19(31)14(24)10-18(25)30/h4-7,14-17,29,36H,1-3,8-11,23-24H2,(H2,25,30)(H,26,32)(H,27,33)(H,28,31)(H,34,35). The Morgan fingerprint density at radius 3 is 1.97 bits per heavy atom. The van der Waals surface area contributed by atoms with Crippen molar-refractivity contribution < 1.29 is 34.2 Å². The minimum absolute atomic E-state index is 0.000202. The summed E-state index contributed by atoms with van der Waals surface area (Å²) in [4.78, 5) is 60.7. The molecule has 11 N–H and O–H groups in total. The van der Waals surface area contributed by atoms with E-state index >= 15 is 0 Å². The van der Waals surface area contributed by atoms with Crippen LogP contribution >= 0.6 is 12.6 Å². The lowest BCUT2D eigenvalue weighted by molar-refractivity contribution is -0.142. The molecule has 0 saturated heterocycles. The van der Waals surface area contributed by atoms with Crippen molar-refractivity contribution in [3.05, 3.63) is 29.8 Å². The van der Waals surface area contributed by atoms with Gasteiger partial charge in [-0.25, -0.2) is 4.79 Å². The SMILES string of the molecule is NCCCCC(NC(=O)C(Cc1ccc(O)cc1)NC(=O)C(CS)NC(=O)C(N)CC(N)=O)C(=O)O. The molecule has 0 fully saturated rings. The molecule has 0 saturated carbocycles. The second-order valence-electron chi connectivity index (χ2n) is 8.14. The molecule has 4 unspecified atom stereocenters. The third kappa shape index (κ3) is 10.9. The highest BCUT2D eigenvalue weighted by Crippen LogP contribution is 2.12. The number of thiol groups is 1. The predicted octanol–water partition coefficient (Wildman–Crippen LogP) is -2.26. The Balaban J connectivity index is 3.03. The third-order valence-electron chi connectivity index (χ3n) is 5.14. The normalized spacial score (nSPS) is 14.1. The number of primary amides is 1. The van der Waals surface area contributed by atoms with E-state index in [9.17, 15) is 34.2 Å². The number of rotatable bonds is 16. The molecule has 1 aromatic rings. The van der Waals surface area contributed by atoms with Gasteiger partial charge in [0.1, 0.15) is 23.9 Å². The van der Waals surface area contributed by atoms with Gasteiger partial charge in [0, 0.05) is 12.2 Å². The molecule has 14 heteroatoms. The number of amides is 4. The van der Waals surface area contributed by atoms with E-state index in [1.54, 1.807) is 12.1 Å². The molecule has 0 radical (unpaired) electrons. The fourth-order valence-electron chi connectivity index (χ4n) is 3.15. The Kier molecular flexibility index (Phi) is 13.3. The quantitative estimate of drug-likeness (QED) is 0.0832. The summed E-state index contributed by atoms with van der Waals surface area (Å²) < 4.78 is 0. The number of hydrogen-bond donors (Lipinski definition) is 9. The van der Waals surface area contributed by atoms with Gasteiger partial charge in [-0.15, -0.1) is 0 Å². The minimum Gasteiger partial charge on any atom is -0.508 e. The van der Waals surface area contributed by atoms with Crippen LogP contribution in [0.2, 0.25) is 0 Å². The molecule has 0 aliphatic rings.